The Hall–Kier alpha value is -2.05. The highest BCUT2D eigenvalue weighted by Gasteiger charge is 2.45. The van der Waals surface area contributed by atoms with Crippen molar-refractivity contribution < 1.29 is 20.1 Å². The predicted molar refractivity (Wildman–Crippen MR) is 92.5 cm³/mol. The van der Waals surface area contributed by atoms with E-state index in [2.05, 4.69) is 31.8 Å². The highest BCUT2D eigenvalue weighted by molar-refractivity contribution is 5.84. The number of rotatable bonds is 3. The van der Waals surface area contributed by atoms with Crippen LogP contribution in [-0.2, 0) is 4.74 Å². The van der Waals surface area contributed by atoms with Gasteiger partial charge >= 0.3 is 0 Å². The largest absolute Gasteiger partial charge is 0.394 e. The fourth-order valence-corrected chi connectivity index (χ4v) is 3.47. The van der Waals surface area contributed by atoms with Gasteiger partial charge in [-0.25, -0.2) is 15.0 Å². The van der Waals surface area contributed by atoms with E-state index in [9.17, 15) is 15.3 Å². The molecule has 0 radical (unpaired) electrons. The molecule has 4 heterocycles. The first-order valence-electron chi connectivity index (χ1n) is 8.55. The maximum Gasteiger partial charge on any atom is 0.210 e. The molecule has 0 aromatic carbocycles. The van der Waals surface area contributed by atoms with Gasteiger partial charge in [0.25, 0.3) is 0 Å². The maximum atomic E-state index is 10.5. The van der Waals surface area contributed by atoms with Crippen molar-refractivity contribution in [2.45, 2.75) is 24.5 Å². The molecule has 26 heavy (non-hydrogen) atoms. The Morgan fingerprint density at radius 1 is 1.19 bits per heavy atom. The van der Waals surface area contributed by atoms with Crippen molar-refractivity contribution in [3.8, 4) is 0 Å². The number of hydrogen-bond donors (Lipinski definition) is 4. The van der Waals surface area contributed by atoms with E-state index in [0.29, 0.717) is 17.1 Å². The second kappa shape index (κ2) is 6.59. The van der Waals surface area contributed by atoms with Gasteiger partial charge in [0.1, 0.15) is 24.6 Å². The summed E-state index contributed by atoms with van der Waals surface area (Å²) < 4.78 is 7.36. The number of piperazine rings is 1. The minimum absolute atomic E-state index is 0.232. The standard InChI is InChI=1S/C15H23N7O4/c1-20-2-4-21(5-3-20)15-19-9-12(16)17-7-18-13(9)22(15)14-11(25)10(24)8(6-23)26-14/h7-8,10-11,14,23-25H,2-6H2,1H3,(H2,16,17,18)/t8-,10+,11-,14-/m1/s1. The lowest BCUT2D eigenvalue weighted by atomic mass is 10.1. The Morgan fingerprint density at radius 3 is 2.58 bits per heavy atom. The summed E-state index contributed by atoms with van der Waals surface area (Å²) in [6.07, 6.45) is -2.93. The van der Waals surface area contributed by atoms with Crippen molar-refractivity contribution in [3.63, 3.8) is 0 Å². The highest BCUT2D eigenvalue weighted by Crippen LogP contribution is 2.36. The van der Waals surface area contributed by atoms with Gasteiger partial charge < -0.3 is 35.6 Å². The van der Waals surface area contributed by atoms with E-state index in [-0.39, 0.29) is 5.82 Å². The molecule has 2 aromatic rings. The number of fused-ring (bicyclic) bond motifs is 1. The third kappa shape index (κ3) is 2.68. The fraction of sp³-hybridized carbons (Fsp3) is 0.667. The minimum Gasteiger partial charge on any atom is -0.394 e. The van der Waals surface area contributed by atoms with Crippen molar-refractivity contribution in [1.82, 2.24) is 24.4 Å². The van der Waals surface area contributed by atoms with Gasteiger partial charge in [0, 0.05) is 26.2 Å². The van der Waals surface area contributed by atoms with Crippen LogP contribution in [0.2, 0.25) is 0 Å². The molecule has 2 aliphatic heterocycles. The van der Waals surface area contributed by atoms with E-state index in [1.165, 1.54) is 6.33 Å². The SMILES string of the molecule is CN1CCN(c2nc3c(N)ncnc3n2[C@@H]2O[C@H](CO)[C@H](O)[C@H]2O)CC1. The van der Waals surface area contributed by atoms with Crippen LogP contribution in [0.25, 0.3) is 11.2 Å². The van der Waals surface area contributed by atoms with Crippen LogP contribution in [0.15, 0.2) is 6.33 Å². The average molecular weight is 365 g/mol. The molecule has 11 heteroatoms. The third-order valence-electron chi connectivity index (χ3n) is 5.04. The van der Waals surface area contributed by atoms with Crippen LogP contribution in [0.3, 0.4) is 0 Å². The normalized spacial score (nSPS) is 30.4. The molecule has 4 rings (SSSR count). The number of aromatic nitrogens is 4. The summed E-state index contributed by atoms with van der Waals surface area (Å²) in [6, 6.07) is 0. The summed E-state index contributed by atoms with van der Waals surface area (Å²) in [5.41, 5.74) is 6.79. The van der Waals surface area contributed by atoms with E-state index < -0.39 is 31.1 Å². The van der Waals surface area contributed by atoms with Gasteiger partial charge in [-0.05, 0) is 7.05 Å². The monoisotopic (exact) mass is 365 g/mol. The Morgan fingerprint density at radius 2 is 1.92 bits per heavy atom. The number of hydrogen-bond acceptors (Lipinski definition) is 10. The van der Waals surface area contributed by atoms with Gasteiger partial charge in [0.15, 0.2) is 23.2 Å². The molecule has 142 valence electrons. The van der Waals surface area contributed by atoms with Crippen molar-refractivity contribution in [2.24, 2.45) is 0 Å². The Balaban J connectivity index is 1.81. The fourth-order valence-electron chi connectivity index (χ4n) is 3.47. The summed E-state index contributed by atoms with van der Waals surface area (Å²) >= 11 is 0. The Bertz CT molecular complexity index is 792. The lowest BCUT2D eigenvalue weighted by Gasteiger charge is -2.34. The summed E-state index contributed by atoms with van der Waals surface area (Å²) in [5.74, 6) is 0.783. The molecule has 0 bridgehead atoms. The first-order chi connectivity index (χ1) is 12.5. The predicted octanol–water partition coefficient (Wildman–Crippen LogP) is -2.23. The minimum atomic E-state index is -1.23. The van der Waals surface area contributed by atoms with Crippen LogP contribution in [-0.4, -0.2) is 97.9 Å². The molecule has 0 unspecified atom stereocenters. The zero-order chi connectivity index (χ0) is 18.4. The quantitative estimate of drug-likeness (QED) is 0.471. The van der Waals surface area contributed by atoms with Gasteiger partial charge in [-0.15, -0.1) is 0 Å². The molecule has 2 aliphatic rings. The molecule has 2 aromatic heterocycles. The topological polar surface area (TPSA) is 146 Å². The lowest BCUT2D eigenvalue weighted by Crippen LogP contribution is -2.46. The first kappa shape index (κ1) is 17.4. The van der Waals surface area contributed by atoms with E-state index in [0.717, 1.165) is 26.2 Å². The molecule has 4 atom stereocenters. The molecule has 0 spiro atoms. The van der Waals surface area contributed by atoms with E-state index in [4.69, 9.17) is 10.5 Å². The van der Waals surface area contributed by atoms with Crippen molar-refractivity contribution in [2.75, 3.05) is 50.5 Å². The summed E-state index contributed by atoms with van der Waals surface area (Å²) in [7, 11) is 2.05. The van der Waals surface area contributed by atoms with Crippen LogP contribution in [0, 0.1) is 0 Å². The number of likely N-dealkylation sites (N-methyl/N-ethyl adjacent to an activating group) is 1. The summed E-state index contributed by atoms with van der Waals surface area (Å²) in [6.45, 7) is 2.80. The molecule has 11 nitrogen and oxygen atoms in total. The zero-order valence-corrected chi connectivity index (χ0v) is 14.4. The summed E-state index contributed by atoms with van der Waals surface area (Å²) in [4.78, 5) is 17.1. The van der Waals surface area contributed by atoms with Gasteiger partial charge in [0.05, 0.1) is 6.61 Å². The van der Waals surface area contributed by atoms with Crippen LogP contribution in [0.4, 0.5) is 11.8 Å². The van der Waals surface area contributed by atoms with Crippen LogP contribution in [0.5, 0.6) is 0 Å². The van der Waals surface area contributed by atoms with E-state index in [1.807, 2.05) is 0 Å². The summed E-state index contributed by atoms with van der Waals surface area (Å²) in [5, 5.41) is 30.0. The van der Waals surface area contributed by atoms with Gasteiger partial charge in [0.2, 0.25) is 5.95 Å². The first-order valence-corrected chi connectivity index (χ1v) is 8.55. The van der Waals surface area contributed by atoms with E-state index >= 15 is 0 Å². The number of ether oxygens (including phenoxy) is 1. The van der Waals surface area contributed by atoms with Crippen LogP contribution in [0.1, 0.15) is 6.23 Å². The second-order valence-corrected chi connectivity index (χ2v) is 6.73. The molecule has 0 aliphatic carbocycles. The second-order valence-electron chi connectivity index (χ2n) is 6.73. The van der Waals surface area contributed by atoms with Crippen molar-refractivity contribution >= 4 is 22.9 Å². The third-order valence-corrected chi connectivity index (χ3v) is 5.04. The smallest absolute Gasteiger partial charge is 0.210 e. The molecule has 5 N–H and O–H groups in total. The molecular weight excluding hydrogens is 342 g/mol. The number of aliphatic hydroxyl groups is 3. The zero-order valence-electron chi connectivity index (χ0n) is 14.4. The maximum absolute atomic E-state index is 10.5. The van der Waals surface area contributed by atoms with Crippen molar-refractivity contribution in [3.05, 3.63) is 6.33 Å². The number of aliphatic hydroxyl groups excluding tert-OH is 3. The molecule has 0 saturated carbocycles. The molecule has 0 amide bonds. The highest BCUT2D eigenvalue weighted by atomic mass is 16.6. The van der Waals surface area contributed by atoms with Crippen molar-refractivity contribution in [1.29, 1.82) is 0 Å². The van der Waals surface area contributed by atoms with Gasteiger partial charge in [-0.3, -0.25) is 4.57 Å². The number of nitrogens with zero attached hydrogens (tertiary/aromatic N) is 6. The number of nitrogen functional groups attached to an aromatic ring is 1. The number of anilines is 2. The Kier molecular flexibility index (Phi) is 4.40. The van der Waals surface area contributed by atoms with E-state index in [1.54, 1.807) is 4.57 Å². The average Bonchev–Trinajstić information content (AvgIpc) is 3.15. The number of imidazole rings is 1. The van der Waals surface area contributed by atoms with Crippen LogP contribution < -0.4 is 10.6 Å². The number of nitrogens with two attached hydrogens (primary N) is 1. The van der Waals surface area contributed by atoms with Gasteiger partial charge in [-0.2, -0.15) is 0 Å². The molecule has 2 fully saturated rings. The molecule has 2 saturated heterocycles. The Labute approximate surface area is 149 Å². The lowest BCUT2D eigenvalue weighted by molar-refractivity contribution is -0.0505. The van der Waals surface area contributed by atoms with Gasteiger partial charge in [-0.1, -0.05) is 0 Å². The molecular formula is C15H23N7O4. The van der Waals surface area contributed by atoms with Crippen LogP contribution >= 0.6 is 0 Å².